The Bertz CT molecular complexity index is 431. The molecule has 1 aliphatic carbocycles. The maximum Gasteiger partial charge on any atom is 0.411 e. The van der Waals surface area contributed by atoms with Crippen LogP contribution in [0.25, 0.3) is 0 Å². The van der Waals surface area contributed by atoms with E-state index in [0.717, 1.165) is 25.7 Å². The predicted molar refractivity (Wildman–Crippen MR) is 82.7 cm³/mol. The van der Waals surface area contributed by atoms with Gasteiger partial charge in [0.15, 0.2) is 0 Å². The summed E-state index contributed by atoms with van der Waals surface area (Å²) in [6.07, 6.45) is 5.43. The maximum atomic E-state index is 12.3. The Morgan fingerprint density at radius 1 is 1.32 bits per heavy atom. The minimum Gasteiger partial charge on any atom is -0.444 e. The van der Waals surface area contributed by atoms with Crippen LogP contribution < -0.4 is 5.73 Å². The maximum absolute atomic E-state index is 12.3. The summed E-state index contributed by atoms with van der Waals surface area (Å²) in [7, 11) is 0. The fraction of sp³-hybridized carbons (Fsp3) is 0.812. The van der Waals surface area contributed by atoms with E-state index in [1.54, 1.807) is 20.8 Å². The van der Waals surface area contributed by atoms with Gasteiger partial charge in [-0.3, -0.25) is 9.69 Å². The molecule has 6 nitrogen and oxygen atoms in total. The van der Waals surface area contributed by atoms with Gasteiger partial charge < -0.3 is 10.5 Å². The van der Waals surface area contributed by atoms with Crippen LogP contribution in [0, 0.1) is 17.2 Å². The number of rotatable bonds is 5. The first-order valence-corrected chi connectivity index (χ1v) is 7.90. The lowest BCUT2D eigenvalue weighted by Crippen LogP contribution is -2.50. The number of hydrogen-bond acceptors (Lipinski definition) is 4. The van der Waals surface area contributed by atoms with Crippen molar-refractivity contribution in [3.05, 3.63) is 0 Å². The second-order valence-electron chi connectivity index (χ2n) is 6.92. The van der Waals surface area contributed by atoms with Gasteiger partial charge in [-0.25, -0.2) is 4.79 Å². The van der Waals surface area contributed by atoms with Crippen LogP contribution in [-0.4, -0.2) is 35.1 Å². The number of amides is 2. The molecule has 1 aliphatic rings. The zero-order valence-electron chi connectivity index (χ0n) is 13.8. The van der Waals surface area contributed by atoms with Crippen molar-refractivity contribution in [3.63, 3.8) is 0 Å². The molecule has 22 heavy (non-hydrogen) atoms. The Morgan fingerprint density at radius 3 is 2.36 bits per heavy atom. The Labute approximate surface area is 132 Å². The zero-order chi connectivity index (χ0) is 16.8. The highest BCUT2D eigenvalue weighted by Gasteiger charge is 2.33. The van der Waals surface area contributed by atoms with E-state index in [-0.39, 0.29) is 6.54 Å². The van der Waals surface area contributed by atoms with Crippen molar-refractivity contribution < 1.29 is 14.3 Å². The number of nitriles is 1. The third kappa shape index (κ3) is 5.92. The Balaban J connectivity index is 2.84. The van der Waals surface area contributed by atoms with Gasteiger partial charge in [-0.15, -0.1) is 0 Å². The molecule has 6 heteroatoms. The Morgan fingerprint density at radius 2 is 1.91 bits per heavy atom. The van der Waals surface area contributed by atoms with Crippen LogP contribution in [0.1, 0.15) is 59.3 Å². The van der Waals surface area contributed by atoms with E-state index in [1.807, 2.05) is 6.07 Å². The quantitative estimate of drug-likeness (QED) is 0.789. The van der Waals surface area contributed by atoms with E-state index in [9.17, 15) is 9.59 Å². The van der Waals surface area contributed by atoms with E-state index < -0.39 is 23.6 Å². The molecular formula is C16H27N3O3. The lowest BCUT2D eigenvalue weighted by molar-refractivity contribution is -0.123. The lowest BCUT2D eigenvalue weighted by atomic mass is 9.84. The molecule has 2 amide bonds. The Kier molecular flexibility index (Phi) is 6.66. The number of carbonyl (C=O) groups is 2. The SMILES string of the molecule is CC(C)(C)OC(=O)N(CC#N)[C@@H](CC1CCCCC1)C(N)=O. The normalized spacial score (nSPS) is 17.4. The van der Waals surface area contributed by atoms with Crippen molar-refractivity contribution in [2.45, 2.75) is 70.9 Å². The minimum absolute atomic E-state index is 0.199. The third-order valence-electron chi connectivity index (χ3n) is 3.86. The van der Waals surface area contributed by atoms with Gasteiger partial charge in [0.1, 0.15) is 18.2 Å². The highest BCUT2D eigenvalue weighted by molar-refractivity contribution is 5.84. The molecule has 1 atom stereocenters. The number of nitrogens with two attached hydrogens (primary N) is 1. The molecule has 0 radical (unpaired) electrons. The average molecular weight is 309 g/mol. The monoisotopic (exact) mass is 309 g/mol. The van der Waals surface area contributed by atoms with Crippen LogP contribution in [0.2, 0.25) is 0 Å². The molecule has 0 aromatic heterocycles. The molecule has 0 saturated heterocycles. The summed E-state index contributed by atoms with van der Waals surface area (Å²) in [6, 6.07) is 1.14. The van der Waals surface area contributed by atoms with Gasteiger partial charge in [-0.1, -0.05) is 32.1 Å². The average Bonchev–Trinajstić information content (AvgIpc) is 2.41. The van der Waals surface area contributed by atoms with Gasteiger partial charge in [0.05, 0.1) is 6.07 Å². The molecule has 1 fully saturated rings. The van der Waals surface area contributed by atoms with Crippen LogP contribution in [0.5, 0.6) is 0 Å². The van der Waals surface area contributed by atoms with Crippen LogP contribution in [-0.2, 0) is 9.53 Å². The summed E-state index contributed by atoms with van der Waals surface area (Å²) in [5.74, 6) is -0.207. The molecule has 0 heterocycles. The first-order chi connectivity index (χ1) is 10.2. The van der Waals surface area contributed by atoms with Crippen molar-refractivity contribution in [1.29, 1.82) is 5.26 Å². The highest BCUT2D eigenvalue weighted by Crippen LogP contribution is 2.29. The Hall–Kier alpha value is -1.77. The number of carbonyl (C=O) groups excluding carboxylic acids is 2. The minimum atomic E-state index is -0.780. The second-order valence-corrected chi connectivity index (χ2v) is 6.92. The molecule has 0 bridgehead atoms. The van der Waals surface area contributed by atoms with Crippen molar-refractivity contribution in [3.8, 4) is 6.07 Å². The van der Waals surface area contributed by atoms with Crippen LogP contribution in [0.15, 0.2) is 0 Å². The van der Waals surface area contributed by atoms with Gasteiger partial charge in [-0.2, -0.15) is 5.26 Å². The molecule has 1 saturated carbocycles. The molecule has 0 aromatic rings. The fourth-order valence-electron chi connectivity index (χ4n) is 2.83. The van der Waals surface area contributed by atoms with Gasteiger partial charge in [0.25, 0.3) is 0 Å². The first-order valence-electron chi connectivity index (χ1n) is 7.90. The third-order valence-corrected chi connectivity index (χ3v) is 3.86. The smallest absolute Gasteiger partial charge is 0.411 e. The van der Waals surface area contributed by atoms with Gasteiger partial charge in [0.2, 0.25) is 5.91 Å². The van der Waals surface area contributed by atoms with Gasteiger partial charge >= 0.3 is 6.09 Å². The molecule has 2 N–H and O–H groups in total. The molecule has 1 rings (SSSR count). The fourth-order valence-corrected chi connectivity index (χ4v) is 2.83. The summed E-state index contributed by atoms with van der Waals surface area (Å²) in [5, 5.41) is 8.97. The number of hydrogen-bond donors (Lipinski definition) is 1. The molecule has 0 aliphatic heterocycles. The predicted octanol–water partition coefficient (Wildman–Crippen LogP) is 2.57. The van der Waals surface area contributed by atoms with Crippen LogP contribution >= 0.6 is 0 Å². The summed E-state index contributed by atoms with van der Waals surface area (Å²) in [4.78, 5) is 25.3. The topological polar surface area (TPSA) is 96.4 Å². The summed E-state index contributed by atoms with van der Waals surface area (Å²) < 4.78 is 5.30. The number of primary amides is 1. The van der Waals surface area contributed by atoms with Crippen LogP contribution in [0.3, 0.4) is 0 Å². The van der Waals surface area contributed by atoms with E-state index in [1.165, 1.54) is 11.3 Å². The number of ether oxygens (including phenoxy) is 1. The van der Waals surface area contributed by atoms with E-state index in [4.69, 9.17) is 15.7 Å². The van der Waals surface area contributed by atoms with Crippen molar-refractivity contribution >= 4 is 12.0 Å². The molecular weight excluding hydrogens is 282 g/mol. The zero-order valence-corrected chi connectivity index (χ0v) is 13.8. The largest absolute Gasteiger partial charge is 0.444 e. The first kappa shape index (κ1) is 18.3. The van der Waals surface area contributed by atoms with E-state index in [2.05, 4.69) is 0 Å². The number of nitrogens with zero attached hydrogens (tertiary/aromatic N) is 2. The van der Waals surface area contributed by atoms with Gasteiger partial charge in [-0.05, 0) is 33.1 Å². The van der Waals surface area contributed by atoms with E-state index in [0.29, 0.717) is 12.3 Å². The van der Waals surface area contributed by atoms with Crippen molar-refractivity contribution in [2.24, 2.45) is 11.7 Å². The van der Waals surface area contributed by atoms with Gasteiger partial charge in [0, 0.05) is 0 Å². The standard InChI is InChI=1S/C16H27N3O3/c1-16(2,3)22-15(21)19(10-9-17)13(14(18)20)11-12-7-5-4-6-8-12/h12-13H,4-8,10-11H2,1-3H3,(H2,18,20)/t13-/m0/s1. The summed E-state index contributed by atoms with van der Waals surface area (Å²) >= 11 is 0. The molecule has 0 spiro atoms. The molecule has 0 aromatic carbocycles. The van der Waals surface area contributed by atoms with Crippen LogP contribution in [0.4, 0.5) is 4.79 Å². The second kappa shape index (κ2) is 8.02. The van der Waals surface area contributed by atoms with Crippen molar-refractivity contribution in [2.75, 3.05) is 6.54 Å². The highest BCUT2D eigenvalue weighted by atomic mass is 16.6. The lowest BCUT2D eigenvalue weighted by Gasteiger charge is -2.33. The van der Waals surface area contributed by atoms with E-state index >= 15 is 0 Å². The summed E-state index contributed by atoms with van der Waals surface area (Å²) in [6.45, 7) is 5.04. The molecule has 0 unspecified atom stereocenters. The summed E-state index contributed by atoms with van der Waals surface area (Å²) in [5.41, 5.74) is 4.81. The molecule has 124 valence electrons. The van der Waals surface area contributed by atoms with Crippen molar-refractivity contribution in [1.82, 2.24) is 4.90 Å².